The maximum Gasteiger partial charge on any atom is 0.417 e. The zero-order chi connectivity index (χ0) is 18.7. The number of sulfonamides is 1. The average Bonchev–Trinajstić information content (AvgIpc) is 2.54. The van der Waals surface area contributed by atoms with Crippen LogP contribution >= 0.6 is 12.4 Å². The van der Waals surface area contributed by atoms with Gasteiger partial charge in [0.15, 0.2) is 0 Å². The molecule has 0 radical (unpaired) electrons. The van der Waals surface area contributed by atoms with Crippen molar-refractivity contribution in [3.63, 3.8) is 0 Å². The van der Waals surface area contributed by atoms with Crippen molar-refractivity contribution in [2.75, 3.05) is 26.2 Å². The van der Waals surface area contributed by atoms with E-state index < -0.39 is 32.5 Å². The standard InChI is InChI=1S/C15H20F4N2O3S.ClH/c16-11-2-3-14(13(10-11)15(17,18)19)25(22,23)21-7-4-12(5-8-21)24-9-1-6-20;/h2-3,10,12H,1,4-9,20H2;1H. The van der Waals surface area contributed by atoms with E-state index in [0.717, 1.165) is 4.31 Å². The van der Waals surface area contributed by atoms with Crippen LogP contribution < -0.4 is 5.73 Å². The lowest BCUT2D eigenvalue weighted by atomic mass is 10.1. The van der Waals surface area contributed by atoms with Gasteiger partial charge in [-0.3, -0.25) is 0 Å². The molecule has 0 aromatic heterocycles. The Balaban J connectivity index is 0.00000338. The van der Waals surface area contributed by atoms with Gasteiger partial charge in [-0.05, 0) is 44.0 Å². The maximum atomic E-state index is 13.2. The molecule has 26 heavy (non-hydrogen) atoms. The molecular formula is C15H21ClF4N2O3S. The molecule has 1 saturated heterocycles. The first-order valence-corrected chi connectivity index (χ1v) is 9.29. The number of ether oxygens (including phenoxy) is 1. The monoisotopic (exact) mass is 420 g/mol. The fourth-order valence-electron chi connectivity index (χ4n) is 2.66. The Hall–Kier alpha value is -0.940. The van der Waals surface area contributed by atoms with Crippen molar-refractivity contribution in [3.05, 3.63) is 29.6 Å². The predicted octanol–water partition coefficient (Wildman–Crippen LogP) is 2.78. The Kier molecular flexibility index (Phi) is 8.28. The van der Waals surface area contributed by atoms with E-state index in [4.69, 9.17) is 10.5 Å². The Bertz CT molecular complexity index is 693. The number of hydrogen-bond donors (Lipinski definition) is 1. The summed E-state index contributed by atoms with van der Waals surface area (Å²) in [6, 6.07) is 1.58. The van der Waals surface area contributed by atoms with Crippen LogP contribution in [0.3, 0.4) is 0 Å². The van der Waals surface area contributed by atoms with Crippen molar-refractivity contribution in [2.45, 2.75) is 36.4 Å². The minimum absolute atomic E-state index is 0. The van der Waals surface area contributed by atoms with Crippen LogP contribution in [-0.2, 0) is 20.9 Å². The Labute approximate surface area is 155 Å². The van der Waals surface area contributed by atoms with Gasteiger partial charge in [0, 0.05) is 19.7 Å². The molecule has 0 atom stereocenters. The second kappa shape index (κ2) is 9.32. The van der Waals surface area contributed by atoms with E-state index >= 15 is 0 Å². The lowest BCUT2D eigenvalue weighted by Gasteiger charge is -2.31. The van der Waals surface area contributed by atoms with Crippen LogP contribution in [0, 0.1) is 5.82 Å². The van der Waals surface area contributed by atoms with Gasteiger partial charge in [0.2, 0.25) is 10.0 Å². The summed E-state index contributed by atoms with van der Waals surface area (Å²) in [5, 5.41) is 0. The molecule has 0 spiro atoms. The van der Waals surface area contributed by atoms with Crippen LogP contribution in [0.25, 0.3) is 0 Å². The number of halogens is 5. The van der Waals surface area contributed by atoms with Crippen LogP contribution in [0.2, 0.25) is 0 Å². The molecule has 0 bridgehead atoms. The minimum atomic E-state index is -4.96. The molecule has 150 valence electrons. The summed E-state index contributed by atoms with van der Waals surface area (Å²) in [5.41, 5.74) is 3.87. The first-order valence-electron chi connectivity index (χ1n) is 7.85. The second-order valence-corrected chi connectivity index (χ2v) is 7.66. The summed E-state index contributed by atoms with van der Waals surface area (Å²) in [6.07, 6.45) is -3.66. The average molecular weight is 421 g/mol. The number of hydrogen-bond acceptors (Lipinski definition) is 4. The van der Waals surface area contributed by atoms with Gasteiger partial charge >= 0.3 is 6.18 Å². The van der Waals surface area contributed by atoms with Crippen LogP contribution in [0.4, 0.5) is 17.6 Å². The van der Waals surface area contributed by atoms with Gasteiger partial charge < -0.3 is 10.5 Å². The van der Waals surface area contributed by atoms with Gasteiger partial charge in [0.25, 0.3) is 0 Å². The van der Waals surface area contributed by atoms with Crippen molar-refractivity contribution in [3.8, 4) is 0 Å². The van der Waals surface area contributed by atoms with Crippen molar-refractivity contribution >= 4 is 22.4 Å². The quantitative estimate of drug-likeness (QED) is 0.567. The molecule has 1 fully saturated rings. The zero-order valence-corrected chi connectivity index (χ0v) is 15.5. The number of alkyl halides is 3. The van der Waals surface area contributed by atoms with E-state index in [-0.39, 0.29) is 37.7 Å². The molecule has 1 aromatic carbocycles. The molecule has 0 saturated carbocycles. The summed E-state index contributed by atoms with van der Waals surface area (Å²) >= 11 is 0. The normalized spacial score (nSPS) is 17.1. The lowest BCUT2D eigenvalue weighted by Crippen LogP contribution is -2.41. The highest BCUT2D eigenvalue weighted by Gasteiger charge is 2.40. The third kappa shape index (κ3) is 5.53. The Morgan fingerprint density at radius 3 is 2.38 bits per heavy atom. The molecule has 5 nitrogen and oxygen atoms in total. The van der Waals surface area contributed by atoms with Gasteiger partial charge in [0.1, 0.15) is 5.82 Å². The molecule has 2 rings (SSSR count). The minimum Gasteiger partial charge on any atom is -0.378 e. The predicted molar refractivity (Wildman–Crippen MR) is 90.1 cm³/mol. The van der Waals surface area contributed by atoms with Gasteiger partial charge in [-0.2, -0.15) is 17.5 Å². The van der Waals surface area contributed by atoms with Gasteiger partial charge in [0.05, 0.1) is 16.6 Å². The maximum absolute atomic E-state index is 13.2. The van der Waals surface area contributed by atoms with E-state index in [0.29, 0.717) is 44.5 Å². The van der Waals surface area contributed by atoms with Gasteiger partial charge in [-0.25, -0.2) is 12.8 Å². The van der Waals surface area contributed by atoms with Crippen molar-refractivity contribution < 1.29 is 30.7 Å². The molecule has 1 aliphatic heterocycles. The highest BCUT2D eigenvalue weighted by Crippen LogP contribution is 2.36. The summed E-state index contributed by atoms with van der Waals surface area (Å²) in [7, 11) is -4.37. The fraction of sp³-hybridized carbons (Fsp3) is 0.600. The highest BCUT2D eigenvalue weighted by molar-refractivity contribution is 7.89. The van der Waals surface area contributed by atoms with E-state index in [1.54, 1.807) is 0 Å². The topological polar surface area (TPSA) is 72.6 Å². The summed E-state index contributed by atoms with van der Waals surface area (Å²) in [4.78, 5) is -0.927. The van der Waals surface area contributed by atoms with Crippen molar-refractivity contribution in [1.29, 1.82) is 0 Å². The largest absolute Gasteiger partial charge is 0.417 e. The van der Waals surface area contributed by atoms with Crippen molar-refractivity contribution in [2.24, 2.45) is 5.73 Å². The molecule has 0 unspecified atom stereocenters. The molecule has 2 N–H and O–H groups in total. The van der Waals surface area contributed by atoms with Crippen LogP contribution in [-0.4, -0.2) is 45.1 Å². The zero-order valence-electron chi connectivity index (χ0n) is 13.8. The van der Waals surface area contributed by atoms with Crippen LogP contribution in [0.1, 0.15) is 24.8 Å². The van der Waals surface area contributed by atoms with Gasteiger partial charge in [-0.1, -0.05) is 0 Å². The van der Waals surface area contributed by atoms with Gasteiger partial charge in [-0.15, -0.1) is 12.4 Å². The second-order valence-electron chi connectivity index (χ2n) is 5.75. The number of nitrogens with two attached hydrogens (primary N) is 1. The Morgan fingerprint density at radius 2 is 1.85 bits per heavy atom. The number of rotatable bonds is 6. The smallest absolute Gasteiger partial charge is 0.378 e. The third-order valence-electron chi connectivity index (χ3n) is 3.97. The highest BCUT2D eigenvalue weighted by atomic mass is 35.5. The third-order valence-corrected chi connectivity index (χ3v) is 5.92. The molecule has 1 aromatic rings. The number of benzene rings is 1. The molecular weight excluding hydrogens is 400 g/mol. The van der Waals surface area contributed by atoms with Crippen LogP contribution in [0.5, 0.6) is 0 Å². The Morgan fingerprint density at radius 1 is 1.23 bits per heavy atom. The van der Waals surface area contributed by atoms with Crippen molar-refractivity contribution in [1.82, 2.24) is 4.31 Å². The molecule has 1 heterocycles. The fourth-order valence-corrected chi connectivity index (χ4v) is 4.32. The van der Waals surface area contributed by atoms with E-state index in [1.165, 1.54) is 0 Å². The number of nitrogens with zero attached hydrogens (tertiary/aromatic N) is 1. The molecule has 0 amide bonds. The molecule has 0 aliphatic carbocycles. The van der Waals surface area contributed by atoms with E-state index in [9.17, 15) is 26.0 Å². The summed E-state index contributed by atoms with van der Waals surface area (Å²) in [5.74, 6) is -1.14. The SMILES string of the molecule is Cl.NCCCOC1CCN(S(=O)(=O)c2ccc(F)cc2C(F)(F)F)CC1. The first kappa shape index (κ1) is 23.1. The lowest BCUT2D eigenvalue weighted by molar-refractivity contribution is -0.140. The number of piperidine rings is 1. The summed E-state index contributed by atoms with van der Waals surface area (Å²) in [6.45, 7) is 1.04. The van der Waals surface area contributed by atoms with E-state index in [1.807, 2.05) is 0 Å². The van der Waals surface area contributed by atoms with Crippen LogP contribution in [0.15, 0.2) is 23.1 Å². The summed E-state index contributed by atoms with van der Waals surface area (Å²) < 4.78 is 84.1. The molecule has 1 aliphatic rings. The van der Waals surface area contributed by atoms with E-state index in [2.05, 4.69) is 0 Å². The first-order chi connectivity index (χ1) is 11.7. The molecule has 11 heteroatoms.